The smallest absolute Gasteiger partial charge is 0.347 e. The van der Waals surface area contributed by atoms with Crippen LogP contribution >= 0.6 is 0 Å². The number of ketones is 1. The number of hydrogen-bond donors (Lipinski definition) is 1. The number of benzene rings is 1. The van der Waals surface area contributed by atoms with E-state index in [1.54, 1.807) is 17.0 Å². The van der Waals surface area contributed by atoms with Crippen molar-refractivity contribution >= 4 is 23.3 Å². The number of esters is 1. The van der Waals surface area contributed by atoms with Gasteiger partial charge in [0.25, 0.3) is 5.91 Å². The molecule has 144 valence electrons. The van der Waals surface area contributed by atoms with Crippen molar-refractivity contribution in [1.29, 1.82) is 0 Å². The third-order valence-corrected chi connectivity index (χ3v) is 4.83. The number of para-hydroxylation sites is 1. The van der Waals surface area contributed by atoms with E-state index < -0.39 is 11.8 Å². The second-order valence-corrected chi connectivity index (χ2v) is 6.63. The van der Waals surface area contributed by atoms with Gasteiger partial charge in [0.1, 0.15) is 0 Å². The highest BCUT2D eigenvalue weighted by Gasteiger charge is 2.33. The van der Waals surface area contributed by atoms with E-state index in [9.17, 15) is 14.4 Å². The normalized spacial score (nSPS) is 19.7. The number of ether oxygens (including phenoxy) is 2. The lowest BCUT2D eigenvalue weighted by Crippen LogP contribution is -2.45. The van der Waals surface area contributed by atoms with E-state index >= 15 is 0 Å². The Morgan fingerprint density at radius 1 is 1.26 bits per heavy atom. The molecule has 0 aliphatic carbocycles. The van der Waals surface area contributed by atoms with Crippen molar-refractivity contribution in [3.63, 3.8) is 0 Å². The van der Waals surface area contributed by atoms with Gasteiger partial charge in [0.2, 0.25) is 11.7 Å². The molecule has 0 unspecified atom stereocenters. The molecule has 2 aliphatic rings. The minimum atomic E-state index is -0.839. The molecule has 7 heteroatoms. The standard InChI is InChI=1S/C20H24N2O5/c1-2-15-10-6-7-11-22(15)17(24)13-27-20(25)18-16(23)12-26-19(18)21-14-8-4-3-5-9-14/h3-5,8-9,15,21H,2,6-7,10-13H2,1H3/t15-/m1/s1. The van der Waals surface area contributed by atoms with Gasteiger partial charge in [-0.3, -0.25) is 9.59 Å². The zero-order valence-electron chi connectivity index (χ0n) is 15.4. The van der Waals surface area contributed by atoms with Crippen molar-refractivity contribution in [2.45, 2.75) is 38.6 Å². The first-order valence-corrected chi connectivity index (χ1v) is 9.29. The Balaban J connectivity index is 1.64. The molecule has 2 aliphatic heterocycles. The number of anilines is 1. The van der Waals surface area contributed by atoms with Crippen molar-refractivity contribution in [1.82, 2.24) is 4.90 Å². The van der Waals surface area contributed by atoms with Gasteiger partial charge in [-0.2, -0.15) is 0 Å². The average Bonchev–Trinajstić information content (AvgIpc) is 3.06. The average molecular weight is 372 g/mol. The van der Waals surface area contributed by atoms with E-state index in [-0.39, 0.29) is 36.6 Å². The van der Waals surface area contributed by atoms with Crippen LogP contribution in [0.25, 0.3) is 0 Å². The fraction of sp³-hybridized carbons (Fsp3) is 0.450. The lowest BCUT2D eigenvalue weighted by atomic mass is 10.00. The van der Waals surface area contributed by atoms with Crippen LogP contribution in [0.4, 0.5) is 5.69 Å². The molecule has 3 rings (SSSR count). The molecule has 1 aromatic carbocycles. The number of likely N-dealkylation sites (tertiary alicyclic amines) is 1. The number of amides is 1. The van der Waals surface area contributed by atoms with E-state index in [1.165, 1.54) is 0 Å². The highest BCUT2D eigenvalue weighted by molar-refractivity contribution is 6.20. The van der Waals surface area contributed by atoms with Crippen molar-refractivity contribution < 1.29 is 23.9 Å². The van der Waals surface area contributed by atoms with Crippen molar-refractivity contribution in [3.8, 4) is 0 Å². The Hall–Kier alpha value is -2.83. The molecule has 0 saturated carbocycles. The Bertz CT molecular complexity index is 744. The summed E-state index contributed by atoms with van der Waals surface area (Å²) in [7, 11) is 0. The Labute approximate surface area is 158 Å². The van der Waals surface area contributed by atoms with Gasteiger partial charge in [0.05, 0.1) is 0 Å². The van der Waals surface area contributed by atoms with Crippen LogP contribution in [0.1, 0.15) is 32.6 Å². The SMILES string of the molecule is CC[C@@H]1CCCCN1C(=O)COC(=O)C1=C(Nc2ccccc2)OCC1=O. The monoisotopic (exact) mass is 372 g/mol. The second kappa shape index (κ2) is 8.70. The Kier molecular flexibility index (Phi) is 6.11. The molecule has 0 bridgehead atoms. The molecule has 1 fully saturated rings. The predicted molar refractivity (Wildman–Crippen MR) is 98.7 cm³/mol. The van der Waals surface area contributed by atoms with E-state index in [0.717, 1.165) is 25.7 Å². The number of rotatable bonds is 6. The highest BCUT2D eigenvalue weighted by atomic mass is 16.5. The largest absolute Gasteiger partial charge is 0.470 e. The zero-order valence-corrected chi connectivity index (χ0v) is 15.4. The molecular formula is C20H24N2O5. The van der Waals surface area contributed by atoms with Crippen LogP contribution in [0.15, 0.2) is 41.8 Å². The third-order valence-electron chi connectivity index (χ3n) is 4.83. The summed E-state index contributed by atoms with van der Waals surface area (Å²) < 4.78 is 10.4. The first-order chi connectivity index (χ1) is 13.1. The quantitative estimate of drug-likeness (QED) is 0.609. The van der Waals surface area contributed by atoms with Gasteiger partial charge in [-0.1, -0.05) is 25.1 Å². The van der Waals surface area contributed by atoms with Crippen molar-refractivity contribution in [2.75, 3.05) is 25.1 Å². The maximum atomic E-state index is 12.4. The Morgan fingerprint density at radius 3 is 2.78 bits per heavy atom. The minimum absolute atomic E-state index is 0.0630. The Morgan fingerprint density at radius 2 is 2.04 bits per heavy atom. The molecule has 7 nitrogen and oxygen atoms in total. The summed E-state index contributed by atoms with van der Waals surface area (Å²) in [6.07, 6.45) is 3.91. The van der Waals surface area contributed by atoms with Gasteiger partial charge < -0.3 is 19.7 Å². The first kappa shape index (κ1) is 18.9. The summed E-state index contributed by atoms with van der Waals surface area (Å²) in [5, 5.41) is 2.91. The van der Waals surface area contributed by atoms with Crippen LogP contribution in [0, 0.1) is 0 Å². The number of Topliss-reactive ketones (excluding diaryl/α,β-unsaturated/α-hetero) is 1. The van der Waals surface area contributed by atoms with Crippen LogP contribution in [-0.4, -0.2) is 48.4 Å². The minimum Gasteiger partial charge on any atom is -0.470 e. The van der Waals surface area contributed by atoms with E-state index in [0.29, 0.717) is 12.2 Å². The second-order valence-electron chi connectivity index (χ2n) is 6.63. The van der Waals surface area contributed by atoms with Crippen molar-refractivity contribution in [3.05, 3.63) is 41.8 Å². The van der Waals surface area contributed by atoms with Gasteiger partial charge in [-0.25, -0.2) is 4.79 Å². The van der Waals surface area contributed by atoms with E-state index in [2.05, 4.69) is 5.32 Å². The molecule has 0 aromatic heterocycles. The molecule has 27 heavy (non-hydrogen) atoms. The topological polar surface area (TPSA) is 84.9 Å². The molecule has 0 radical (unpaired) electrons. The van der Waals surface area contributed by atoms with E-state index in [1.807, 2.05) is 25.1 Å². The van der Waals surface area contributed by atoms with E-state index in [4.69, 9.17) is 9.47 Å². The molecule has 1 saturated heterocycles. The van der Waals surface area contributed by atoms with Gasteiger partial charge in [-0.05, 0) is 37.8 Å². The van der Waals surface area contributed by atoms with Gasteiger partial charge in [-0.15, -0.1) is 0 Å². The van der Waals surface area contributed by atoms with Gasteiger partial charge >= 0.3 is 5.97 Å². The predicted octanol–water partition coefficient (Wildman–Crippen LogP) is 2.24. The summed E-state index contributed by atoms with van der Waals surface area (Å²) in [5.41, 5.74) is 0.500. The van der Waals surface area contributed by atoms with Crippen LogP contribution in [0.2, 0.25) is 0 Å². The molecule has 1 N–H and O–H groups in total. The summed E-state index contributed by atoms with van der Waals surface area (Å²) in [4.78, 5) is 38.7. The van der Waals surface area contributed by atoms with Crippen LogP contribution < -0.4 is 5.32 Å². The fourth-order valence-corrected chi connectivity index (χ4v) is 3.40. The molecule has 1 atom stereocenters. The summed E-state index contributed by atoms with van der Waals surface area (Å²) in [6, 6.07) is 9.25. The number of nitrogens with zero attached hydrogens (tertiary/aromatic N) is 1. The molecule has 1 amide bonds. The third kappa shape index (κ3) is 4.48. The number of carbonyl (C=O) groups excluding carboxylic acids is 3. The van der Waals surface area contributed by atoms with Gasteiger partial charge in [0, 0.05) is 18.3 Å². The van der Waals surface area contributed by atoms with Crippen LogP contribution in [0.5, 0.6) is 0 Å². The first-order valence-electron chi connectivity index (χ1n) is 9.29. The van der Waals surface area contributed by atoms with Crippen molar-refractivity contribution in [2.24, 2.45) is 0 Å². The maximum absolute atomic E-state index is 12.4. The summed E-state index contributed by atoms with van der Waals surface area (Å²) in [5.74, 6) is -1.46. The number of piperidine rings is 1. The molecule has 0 spiro atoms. The lowest BCUT2D eigenvalue weighted by Gasteiger charge is -2.35. The summed E-state index contributed by atoms with van der Waals surface area (Å²) >= 11 is 0. The number of nitrogens with one attached hydrogen (secondary N) is 1. The number of carbonyl (C=O) groups is 3. The van der Waals surface area contributed by atoms with Crippen LogP contribution in [0.3, 0.4) is 0 Å². The van der Waals surface area contributed by atoms with Gasteiger partial charge in [0.15, 0.2) is 18.8 Å². The maximum Gasteiger partial charge on any atom is 0.347 e. The summed E-state index contributed by atoms with van der Waals surface area (Å²) in [6.45, 7) is 2.13. The fourth-order valence-electron chi connectivity index (χ4n) is 3.40. The molecule has 1 aromatic rings. The molecule has 2 heterocycles. The number of hydrogen-bond acceptors (Lipinski definition) is 6. The highest BCUT2D eigenvalue weighted by Crippen LogP contribution is 2.22. The van der Waals surface area contributed by atoms with Crippen LogP contribution in [-0.2, 0) is 23.9 Å². The molecular weight excluding hydrogens is 348 g/mol. The zero-order chi connectivity index (χ0) is 19.2. The lowest BCUT2D eigenvalue weighted by molar-refractivity contribution is -0.151.